The molecule has 1 saturated heterocycles. The molecule has 5 rings (SSSR count). The number of halogens is 1. The highest BCUT2D eigenvalue weighted by molar-refractivity contribution is 7.10. The monoisotopic (exact) mass is 450 g/mol. The number of rotatable bonds is 6. The zero-order valence-electron chi connectivity index (χ0n) is 17.3. The molecule has 0 amide bonds. The van der Waals surface area contributed by atoms with E-state index < -0.39 is 5.97 Å². The second-order valence-corrected chi connectivity index (χ2v) is 8.99. The largest absolute Gasteiger partial charge is 0.481 e. The zero-order valence-corrected chi connectivity index (χ0v) is 18.2. The van der Waals surface area contributed by atoms with E-state index in [-0.39, 0.29) is 18.3 Å². The predicted octanol–water partition coefficient (Wildman–Crippen LogP) is 4.20. The van der Waals surface area contributed by atoms with Crippen molar-refractivity contribution in [3.8, 4) is 11.1 Å². The summed E-state index contributed by atoms with van der Waals surface area (Å²) in [7, 11) is 0. The number of nitrogens with one attached hydrogen (secondary N) is 2. The maximum atomic E-state index is 14.8. The predicted molar refractivity (Wildman–Crippen MR) is 123 cm³/mol. The maximum absolute atomic E-state index is 14.8. The highest BCUT2D eigenvalue weighted by Gasteiger charge is 2.25. The van der Waals surface area contributed by atoms with Crippen LogP contribution in [0.25, 0.3) is 22.0 Å². The van der Waals surface area contributed by atoms with E-state index in [1.54, 1.807) is 17.4 Å². The number of fused-ring (bicyclic) bond motifs is 1. The minimum absolute atomic E-state index is 0.148. The number of nitrogens with zero attached hydrogens (tertiary/aromatic N) is 2. The fraction of sp³-hybridized carbons (Fsp3) is 0.250. The van der Waals surface area contributed by atoms with Crippen molar-refractivity contribution >= 4 is 28.2 Å². The number of hydrogen-bond acceptors (Lipinski definition) is 5. The summed E-state index contributed by atoms with van der Waals surface area (Å²) in [5, 5.41) is 22.4. The highest BCUT2D eigenvalue weighted by atomic mass is 32.1. The lowest BCUT2D eigenvalue weighted by Gasteiger charge is -2.35. The molecular formula is C24H23FN4O2S. The van der Waals surface area contributed by atoms with Crippen LogP contribution in [0.4, 0.5) is 4.39 Å². The van der Waals surface area contributed by atoms with Crippen LogP contribution < -0.4 is 5.32 Å². The van der Waals surface area contributed by atoms with Crippen molar-refractivity contribution in [2.24, 2.45) is 0 Å². The number of hydrogen-bond donors (Lipinski definition) is 3. The standard InChI is InChI=1S/C24H23FN4O2S/c25-19-5-3-15(16-4-6-20-18(11-16)21(28-27-20)12-24(30)31)10-17(19)14-29-8-7-26-13-22(29)23-2-1-9-32-23/h1-6,9-11,22,26H,7-8,12-14H2,(H,27,28)(H,30,31)/t22-/m0/s1. The van der Waals surface area contributed by atoms with Crippen molar-refractivity contribution in [2.45, 2.75) is 19.0 Å². The number of aromatic nitrogens is 2. The Balaban J connectivity index is 1.45. The van der Waals surface area contributed by atoms with E-state index in [0.29, 0.717) is 17.8 Å². The van der Waals surface area contributed by atoms with E-state index in [1.807, 2.05) is 24.3 Å². The van der Waals surface area contributed by atoms with Gasteiger partial charge in [0.2, 0.25) is 0 Å². The molecule has 1 aliphatic heterocycles. The molecule has 32 heavy (non-hydrogen) atoms. The number of carboxylic acids is 1. The summed E-state index contributed by atoms with van der Waals surface area (Å²) >= 11 is 1.73. The van der Waals surface area contributed by atoms with Crippen molar-refractivity contribution in [2.75, 3.05) is 19.6 Å². The van der Waals surface area contributed by atoms with Crippen LogP contribution in [0.5, 0.6) is 0 Å². The Kier molecular flexibility index (Phi) is 5.73. The van der Waals surface area contributed by atoms with Crippen molar-refractivity contribution in [1.29, 1.82) is 0 Å². The lowest BCUT2D eigenvalue weighted by atomic mass is 9.99. The van der Waals surface area contributed by atoms with Gasteiger partial charge in [-0.25, -0.2) is 4.39 Å². The summed E-state index contributed by atoms with van der Waals surface area (Å²) in [4.78, 5) is 14.8. The lowest BCUT2D eigenvalue weighted by Crippen LogP contribution is -2.45. The first-order valence-electron chi connectivity index (χ1n) is 10.5. The van der Waals surface area contributed by atoms with Gasteiger partial charge in [-0.05, 0) is 46.8 Å². The zero-order chi connectivity index (χ0) is 22.1. The minimum atomic E-state index is -0.927. The first kappa shape index (κ1) is 20.8. The Bertz CT molecular complexity index is 1250. The second-order valence-electron chi connectivity index (χ2n) is 8.01. The second kappa shape index (κ2) is 8.82. The van der Waals surface area contributed by atoms with Crippen LogP contribution in [-0.4, -0.2) is 45.8 Å². The normalized spacial score (nSPS) is 17.1. The van der Waals surface area contributed by atoms with Gasteiger partial charge in [0.15, 0.2) is 0 Å². The van der Waals surface area contributed by atoms with Gasteiger partial charge < -0.3 is 10.4 Å². The molecular weight excluding hydrogens is 427 g/mol. The minimum Gasteiger partial charge on any atom is -0.481 e. The van der Waals surface area contributed by atoms with Gasteiger partial charge >= 0.3 is 5.97 Å². The number of piperazine rings is 1. The lowest BCUT2D eigenvalue weighted by molar-refractivity contribution is -0.136. The molecule has 0 unspecified atom stereocenters. The van der Waals surface area contributed by atoms with Gasteiger partial charge in [0.1, 0.15) is 5.82 Å². The van der Waals surface area contributed by atoms with Crippen LogP contribution in [0.2, 0.25) is 0 Å². The van der Waals surface area contributed by atoms with Crippen LogP contribution in [-0.2, 0) is 17.8 Å². The van der Waals surface area contributed by atoms with E-state index in [0.717, 1.165) is 41.7 Å². The van der Waals surface area contributed by atoms with Gasteiger partial charge in [-0.2, -0.15) is 5.10 Å². The van der Waals surface area contributed by atoms with Crippen molar-refractivity contribution in [3.05, 3.63) is 75.9 Å². The van der Waals surface area contributed by atoms with Crippen molar-refractivity contribution in [1.82, 2.24) is 20.4 Å². The Hall–Kier alpha value is -3.07. The Labute approximate surface area is 188 Å². The molecule has 2 aromatic carbocycles. The number of aliphatic carboxylic acids is 1. The number of thiophene rings is 1. The quantitative estimate of drug-likeness (QED) is 0.410. The molecule has 0 radical (unpaired) electrons. The molecule has 8 heteroatoms. The number of carbonyl (C=O) groups is 1. The van der Waals surface area contributed by atoms with Crippen LogP contribution in [0.1, 0.15) is 22.2 Å². The number of carboxylic acid groups (broad SMARTS) is 1. The molecule has 2 aromatic heterocycles. The summed E-state index contributed by atoms with van der Waals surface area (Å²) in [5.74, 6) is -1.14. The van der Waals surface area contributed by atoms with E-state index in [9.17, 15) is 9.18 Å². The smallest absolute Gasteiger partial charge is 0.309 e. The molecule has 1 fully saturated rings. The number of benzene rings is 2. The third-order valence-electron chi connectivity index (χ3n) is 5.94. The Morgan fingerprint density at radius 2 is 2.06 bits per heavy atom. The summed E-state index contributed by atoms with van der Waals surface area (Å²) in [6.07, 6.45) is -0.148. The Morgan fingerprint density at radius 3 is 2.88 bits per heavy atom. The molecule has 0 spiro atoms. The molecule has 164 valence electrons. The third-order valence-corrected chi connectivity index (χ3v) is 6.91. The third kappa shape index (κ3) is 4.17. The van der Waals surface area contributed by atoms with E-state index in [1.165, 1.54) is 10.9 Å². The summed E-state index contributed by atoms with van der Waals surface area (Å²) in [6, 6.07) is 15.4. The van der Waals surface area contributed by atoms with Gasteiger partial charge in [-0.15, -0.1) is 11.3 Å². The molecule has 0 saturated carbocycles. The van der Waals surface area contributed by atoms with E-state index in [4.69, 9.17) is 5.11 Å². The van der Waals surface area contributed by atoms with E-state index in [2.05, 4.69) is 37.9 Å². The molecule has 3 heterocycles. The average Bonchev–Trinajstić information content (AvgIpc) is 3.46. The first-order valence-corrected chi connectivity index (χ1v) is 11.4. The number of H-pyrrole nitrogens is 1. The highest BCUT2D eigenvalue weighted by Crippen LogP contribution is 2.31. The topological polar surface area (TPSA) is 81.2 Å². The fourth-order valence-corrected chi connectivity index (χ4v) is 5.18. The summed E-state index contributed by atoms with van der Waals surface area (Å²) < 4.78 is 14.8. The molecule has 1 aliphatic rings. The van der Waals surface area contributed by atoms with Crippen LogP contribution in [0, 0.1) is 5.82 Å². The molecule has 0 aliphatic carbocycles. The Morgan fingerprint density at radius 1 is 1.22 bits per heavy atom. The van der Waals surface area contributed by atoms with Crippen LogP contribution >= 0.6 is 11.3 Å². The van der Waals surface area contributed by atoms with Gasteiger partial charge in [-0.3, -0.25) is 14.8 Å². The first-order chi connectivity index (χ1) is 15.6. The SMILES string of the molecule is O=C(O)Cc1n[nH]c2ccc(-c3ccc(F)c(CN4CCNC[C@H]4c4cccs4)c3)cc12. The van der Waals surface area contributed by atoms with Crippen molar-refractivity contribution < 1.29 is 14.3 Å². The van der Waals surface area contributed by atoms with E-state index >= 15 is 0 Å². The van der Waals surface area contributed by atoms with Crippen molar-refractivity contribution in [3.63, 3.8) is 0 Å². The molecule has 1 atom stereocenters. The van der Waals surface area contributed by atoms with Crippen LogP contribution in [0.3, 0.4) is 0 Å². The van der Waals surface area contributed by atoms with Gasteiger partial charge in [0.25, 0.3) is 0 Å². The summed E-state index contributed by atoms with van der Waals surface area (Å²) in [5.41, 5.74) is 3.74. The van der Waals surface area contributed by atoms with Gasteiger partial charge in [0.05, 0.1) is 23.7 Å². The number of aromatic amines is 1. The van der Waals surface area contributed by atoms with Crippen LogP contribution in [0.15, 0.2) is 53.9 Å². The van der Waals surface area contributed by atoms with Gasteiger partial charge in [0, 0.05) is 42.0 Å². The maximum Gasteiger partial charge on any atom is 0.309 e. The average molecular weight is 451 g/mol. The molecule has 6 nitrogen and oxygen atoms in total. The molecule has 0 bridgehead atoms. The molecule has 4 aromatic rings. The molecule has 3 N–H and O–H groups in total. The fourth-order valence-electron chi connectivity index (χ4n) is 4.32. The summed E-state index contributed by atoms with van der Waals surface area (Å²) in [6.45, 7) is 3.12. The van der Waals surface area contributed by atoms with Gasteiger partial charge in [-0.1, -0.05) is 18.2 Å².